The van der Waals surface area contributed by atoms with Gasteiger partial charge in [-0.25, -0.2) is 8.78 Å². The molecule has 102 valence electrons. The molecule has 0 aliphatic heterocycles. The van der Waals surface area contributed by atoms with Crippen LogP contribution in [0.15, 0.2) is 23.1 Å². The lowest BCUT2D eigenvalue weighted by Gasteiger charge is -2.00. The molecule has 0 saturated carbocycles. The van der Waals surface area contributed by atoms with Crippen molar-refractivity contribution in [3.05, 3.63) is 34.8 Å². The Bertz CT molecular complexity index is 546. The number of hydrogen-bond donors (Lipinski definition) is 1. The molecule has 7 heteroatoms. The predicted octanol–water partition coefficient (Wildman–Crippen LogP) is 3.93. The van der Waals surface area contributed by atoms with Crippen molar-refractivity contribution >= 4 is 28.2 Å². The molecule has 3 nitrogen and oxygen atoms in total. The standard InChI is InChI=1S/C12H13F2N3S2/c1-2-5-15-12-17-16-11(19-12)7-18-10-4-3-8(13)6-9(10)14/h3-4,6H,2,5,7H2,1H3,(H,15,17). The average Bonchev–Trinajstić information content (AvgIpc) is 2.83. The van der Waals surface area contributed by atoms with Gasteiger partial charge in [0.05, 0.1) is 5.75 Å². The highest BCUT2D eigenvalue weighted by Gasteiger charge is 2.08. The fourth-order valence-electron chi connectivity index (χ4n) is 1.35. The van der Waals surface area contributed by atoms with Gasteiger partial charge in [0, 0.05) is 17.5 Å². The molecule has 2 aromatic rings. The fraction of sp³-hybridized carbons (Fsp3) is 0.333. The number of anilines is 1. The van der Waals surface area contributed by atoms with E-state index in [1.165, 1.54) is 35.2 Å². The van der Waals surface area contributed by atoms with Crippen molar-refractivity contribution < 1.29 is 8.78 Å². The molecule has 0 aliphatic carbocycles. The van der Waals surface area contributed by atoms with Gasteiger partial charge in [-0.15, -0.1) is 22.0 Å². The molecule has 0 spiro atoms. The summed E-state index contributed by atoms with van der Waals surface area (Å²) in [7, 11) is 0. The molecule has 0 unspecified atom stereocenters. The summed E-state index contributed by atoms with van der Waals surface area (Å²) in [6.45, 7) is 2.93. The Morgan fingerprint density at radius 2 is 2.16 bits per heavy atom. The van der Waals surface area contributed by atoms with Gasteiger partial charge < -0.3 is 5.32 Å². The smallest absolute Gasteiger partial charge is 0.205 e. The fourth-order valence-corrected chi connectivity index (χ4v) is 3.02. The first kappa shape index (κ1) is 14.2. The van der Waals surface area contributed by atoms with E-state index in [0.29, 0.717) is 10.6 Å². The maximum atomic E-state index is 13.4. The summed E-state index contributed by atoms with van der Waals surface area (Å²) in [5.74, 6) is -0.587. The Balaban J connectivity index is 1.92. The molecule has 1 N–H and O–H groups in total. The molecular formula is C12H13F2N3S2. The highest BCUT2D eigenvalue weighted by Crippen LogP contribution is 2.28. The van der Waals surface area contributed by atoms with Crippen LogP contribution in [0.3, 0.4) is 0 Å². The van der Waals surface area contributed by atoms with Crippen LogP contribution in [0.5, 0.6) is 0 Å². The van der Waals surface area contributed by atoms with Crippen LogP contribution in [0.4, 0.5) is 13.9 Å². The number of benzene rings is 1. The third-order valence-corrected chi connectivity index (χ3v) is 4.36. The van der Waals surface area contributed by atoms with Gasteiger partial charge in [-0.3, -0.25) is 0 Å². The lowest BCUT2D eigenvalue weighted by molar-refractivity contribution is 0.565. The number of thioether (sulfide) groups is 1. The van der Waals surface area contributed by atoms with Gasteiger partial charge in [-0.05, 0) is 18.6 Å². The van der Waals surface area contributed by atoms with Crippen molar-refractivity contribution in [2.75, 3.05) is 11.9 Å². The van der Waals surface area contributed by atoms with E-state index in [0.717, 1.165) is 29.2 Å². The average molecular weight is 301 g/mol. The van der Waals surface area contributed by atoms with Crippen LogP contribution in [-0.2, 0) is 5.75 Å². The van der Waals surface area contributed by atoms with E-state index >= 15 is 0 Å². The van der Waals surface area contributed by atoms with E-state index < -0.39 is 11.6 Å². The van der Waals surface area contributed by atoms with Crippen LogP contribution in [-0.4, -0.2) is 16.7 Å². The lowest BCUT2D eigenvalue weighted by Crippen LogP contribution is -1.98. The van der Waals surface area contributed by atoms with Gasteiger partial charge in [-0.1, -0.05) is 18.3 Å². The normalized spacial score (nSPS) is 10.7. The van der Waals surface area contributed by atoms with Gasteiger partial charge in [0.2, 0.25) is 5.13 Å². The molecule has 0 radical (unpaired) electrons. The van der Waals surface area contributed by atoms with Gasteiger partial charge in [-0.2, -0.15) is 0 Å². The third kappa shape index (κ3) is 4.14. The molecule has 19 heavy (non-hydrogen) atoms. The van der Waals surface area contributed by atoms with Crippen LogP contribution >= 0.6 is 23.1 Å². The molecule has 0 atom stereocenters. The molecule has 1 aromatic carbocycles. The second-order valence-corrected chi connectivity index (χ2v) is 5.87. The van der Waals surface area contributed by atoms with E-state index in [1.54, 1.807) is 0 Å². The Morgan fingerprint density at radius 1 is 1.32 bits per heavy atom. The van der Waals surface area contributed by atoms with Crippen molar-refractivity contribution in [3.8, 4) is 0 Å². The highest BCUT2D eigenvalue weighted by molar-refractivity contribution is 7.98. The zero-order valence-electron chi connectivity index (χ0n) is 10.3. The summed E-state index contributed by atoms with van der Waals surface area (Å²) < 4.78 is 26.2. The minimum atomic E-state index is -0.566. The molecule has 1 heterocycles. The second-order valence-electron chi connectivity index (χ2n) is 3.79. The Kier molecular flexibility index (Phi) is 5.09. The van der Waals surface area contributed by atoms with Crippen LogP contribution in [0.1, 0.15) is 18.4 Å². The van der Waals surface area contributed by atoms with E-state index in [1.807, 2.05) is 0 Å². The Labute approximate surface area is 118 Å². The maximum Gasteiger partial charge on any atom is 0.205 e. The zero-order chi connectivity index (χ0) is 13.7. The molecule has 0 bridgehead atoms. The predicted molar refractivity (Wildman–Crippen MR) is 74.6 cm³/mol. The molecule has 0 fully saturated rings. The number of nitrogens with one attached hydrogen (secondary N) is 1. The Morgan fingerprint density at radius 3 is 2.89 bits per heavy atom. The first-order chi connectivity index (χ1) is 9.19. The number of hydrogen-bond acceptors (Lipinski definition) is 5. The second kappa shape index (κ2) is 6.81. The monoisotopic (exact) mass is 301 g/mol. The van der Waals surface area contributed by atoms with E-state index in [9.17, 15) is 8.78 Å². The molecular weight excluding hydrogens is 288 g/mol. The summed E-state index contributed by atoms with van der Waals surface area (Å²) in [6.07, 6.45) is 1.02. The van der Waals surface area contributed by atoms with Crippen molar-refractivity contribution in [2.45, 2.75) is 24.0 Å². The van der Waals surface area contributed by atoms with Crippen molar-refractivity contribution in [2.24, 2.45) is 0 Å². The number of rotatable bonds is 6. The molecule has 1 aromatic heterocycles. The van der Waals surface area contributed by atoms with Crippen molar-refractivity contribution in [3.63, 3.8) is 0 Å². The van der Waals surface area contributed by atoms with Crippen molar-refractivity contribution in [1.29, 1.82) is 0 Å². The molecule has 0 aliphatic rings. The van der Waals surface area contributed by atoms with Crippen LogP contribution < -0.4 is 5.32 Å². The summed E-state index contributed by atoms with van der Waals surface area (Å²) >= 11 is 2.73. The summed E-state index contributed by atoms with van der Waals surface area (Å²) in [4.78, 5) is 0.416. The van der Waals surface area contributed by atoms with E-state index in [4.69, 9.17) is 0 Å². The van der Waals surface area contributed by atoms with Gasteiger partial charge >= 0.3 is 0 Å². The minimum Gasteiger partial charge on any atom is -0.360 e. The van der Waals surface area contributed by atoms with E-state index in [2.05, 4.69) is 22.4 Å². The van der Waals surface area contributed by atoms with Crippen LogP contribution in [0.25, 0.3) is 0 Å². The van der Waals surface area contributed by atoms with Gasteiger partial charge in [0.25, 0.3) is 0 Å². The quantitative estimate of drug-likeness (QED) is 0.820. The van der Waals surface area contributed by atoms with Gasteiger partial charge in [0.15, 0.2) is 0 Å². The van der Waals surface area contributed by atoms with Crippen LogP contribution in [0, 0.1) is 11.6 Å². The highest BCUT2D eigenvalue weighted by atomic mass is 32.2. The van der Waals surface area contributed by atoms with Gasteiger partial charge in [0.1, 0.15) is 16.6 Å². The zero-order valence-corrected chi connectivity index (χ0v) is 12.0. The molecule has 0 saturated heterocycles. The first-order valence-corrected chi connectivity index (χ1v) is 7.63. The number of nitrogens with zero attached hydrogens (tertiary/aromatic N) is 2. The first-order valence-electron chi connectivity index (χ1n) is 5.83. The summed E-state index contributed by atoms with van der Waals surface area (Å²) in [5, 5.41) is 12.7. The summed E-state index contributed by atoms with van der Waals surface area (Å²) in [6, 6.07) is 3.57. The molecule has 0 amide bonds. The topological polar surface area (TPSA) is 37.8 Å². The number of aromatic nitrogens is 2. The minimum absolute atomic E-state index is 0.416. The lowest BCUT2D eigenvalue weighted by atomic mass is 10.3. The molecule has 2 rings (SSSR count). The van der Waals surface area contributed by atoms with Crippen LogP contribution in [0.2, 0.25) is 0 Å². The third-order valence-electron chi connectivity index (χ3n) is 2.24. The summed E-state index contributed by atoms with van der Waals surface area (Å²) in [5.41, 5.74) is 0. The van der Waals surface area contributed by atoms with E-state index in [-0.39, 0.29) is 0 Å². The largest absolute Gasteiger partial charge is 0.360 e. The number of halogens is 2. The Hall–Kier alpha value is -1.21. The maximum absolute atomic E-state index is 13.4. The SMILES string of the molecule is CCCNc1nnc(CSc2ccc(F)cc2F)s1. The van der Waals surface area contributed by atoms with Crippen molar-refractivity contribution in [1.82, 2.24) is 10.2 Å².